The largest absolute Gasteiger partial charge is 0.377 e. The Morgan fingerprint density at radius 2 is 1.95 bits per heavy atom. The first-order valence-electron chi connectivity index (χ1n) is 7.80. The molecule has 0 spiro atoms. The molecule has 0 unspecified atom stereocenters. The highest BCUT2D eigenvalue weighted by molar-refractivity contribution is 5.83. The van der Waals surface area contributed by atoms with Crippen LogP contribution < -0.4 is 5.32 Å². The van der Waals surface area contributed by atoms with Gasteiger partial charge in [0.1, 0.15) is 0 Å². The number of nitrogens with one attached hydrogen (secondary N) is 1. The fourth-order valence-electron chi connectivity index (χ4n) is 2.42. The summed E-state index contributed by atoms with van der Waals surface area (Å²) in [6.45, 7) is 13.3. The summed E-state index contributed by atoms with van der Waals surface area (Å²) in [7, 11) is 0. The molecule has 0 saturated heterocycles. The van der Waals surface area contributed by atoms with E-state index in [0.29, 0.717) is 0 Å². The normalized spacial score (nSPS) is 12.5. The molecule has 1 N–H and O–H groups in total. The first-order valence-corrected chi connectivity index (χ1v) is 7.80. The molecule has 1 aromatic heterocycles. The number of rotatable bonds is 6. The second-order valence-corrected chi connectivity index (χ2v) is 6.89. The standard InChI is InChI=1S/C18H28N2O/c1-14(2)21-12-11-20-10-9-15-7-6-8-16(17(15)20)13-19-18(3,4)5/h6-10,14,19H,11-13H2,1-5H3. The summed E-state index contributed by atoms with van der Waals surface area (Å²) in [6.07, 6.45) is 2.45. The van der Waals surface area contributed by atoms with Crippen LogP contribution in [0.4, 0.5) is 0 Å². The summed E-state index contributed by atoms with van der Waals surface area (Å²) >= 11 is 0. The smallest absolute Gasteiger partial charge is 0.0649 e. The van der Waals surface area contributed by atoms with Crippen molar-refractivity contribution in [1.29, 1.82) is 0 Å². The van der Waals surface area contributed by atoms with Gasteiger partial charge in [0.25, 0.3) is 0 Å². The minimum absolute atomic E-state index is 0.125. The topological polar surface area (TPSA) is 26.2 Å². The lowest BCUT2D eigenvalue weighted by Gasteiger charge is -2.21. The van der Waals surface area contributed by atoms with Crippen molar-refractivity contribution in [2.45, 2.75) is 59.4 Å². The van der Waals surface area contributed by atoms with Gasteiger partial charge in [0.2, 0.25) is 0 Å². The van der Waals surface area contributed by atoms with Crippen molar-refractivity contribution in [3.05, 3.63) is 36.0 Å². The zero-order chi connectivity index (χ0) is 15.5. The van der Waals surface area contributed by atoms with E-state index in [1.54, 1.807) is 0 Å². The lowest BCUT2D eigenvalue weighted by atomic mass is 10.1. The van der Waals surface area contributed by atoms with Crippen molar-refractivity contribution < 1.29 is 4.74 Å². The van der Waals surface area contributed by atoms with Gasteiger partial charge in [-0.2, -0.15) is 0 Å². The highest BCUT2D eigenvalue weighted by Crippen LogP contribution is 2.21. The van der Waals surface area contributed by atoms with E-state index in [4.69, 9.17) is 4.74 Å². The number of fused-ring (bicyclic) bond motifs is 1. The molecule has 0 bridgehead atoms. The van der Waals surface area contributed by atoms with Crippen LogP contribution in [0.1, 0.15) is 40.2 Å². The third-order valence-electron chi connectivity index (χ3n) is 3.46. The molecule has 3 nitrogen and oxygen atoms in total. The van der Waals surface area contributed by atoms with Crippen LogP contribution in [0.5, 0.6) is 0 Å². The van der Waals surface area contributed by atoms with Crippen LogP contribution >= 0.6 is 0 Å². The highest BCUT2D eigenvalue weighted by atomic mass is 16.5. The molecule has 0 saturated carbocycles. The minimum atomic E-state index is 0.125. The van der Waals surface area contributed by atoms with E-state index in [0.717, 1.165) is 19.7 Å². The molecule has 21 heavy (non-hydrogen) atoms. The Bertz CT molecular complexity index is 578. The average molecular weight is 288 g/mol. The molecule has 116 valence electrons. The lowest BCUT2D eigenvalue weighted by Crippen LogP contribution is -2.35. The van der Waals surface area contributed by atoms with Crippen LogP contribution in [0, 0.1) is 0 Å². The van der Waals surface area contributed by atoms with Gasteiger partial charge in [-0.3, -0.25) is 0 Å². The molecule has 1 heterocycles. The Kier molecular flexibility index (Phi) is 5.07. The molecule has 0 fully saturated rings. The Hall–Kier alpha value is -1.32. The third-order valence-corrected chi connectivity index (χ3v) is 3.46. The Balaban J connectivity index is 2.18. The number of aromatic nitrogens is 1. The maximum absolute atomic E-state index is 5.68. The third kappa shape index (κ3) is 4.58. The van der Waals surface area contributed by atoms with E-state index in [2.05, 4.69) is 75.0 Å². The van der Waals surface area contributed by atoms with Crippen LogP contribution in [-0.2, 0) is 17.8 Å². The maximum Gasteiger partial charge on any atom is 0.0649 e. The second-order valence-electron chi connectivity index (χ2n) is 6.89. The predicted octanol–water partition coefficient (Wildman–Crippen LogP) is 3.95. The summed E-state index contributed by atoms with van der Waals surface area (Å²) in [5.74, 6) is 0. The number of nitrogens with zero attached hydrogens (tertiary/aromatic N) is 1. The first-order chi connectivity index (χ1) is 9.87. The van der Waals surface area contributed by atoms with Gasteiger partial charge >= 0.3 is 0 Å². The number of hydrogen-bond acceptors (Lipinski definition) is 2. The van der Waals surface area contributed by atoms with E-state index < -0.39 is 0 Å². The van der Waals surface area contributed by atoms with Crippen LogP contribution in [-0.4, -0.2) is 22.8 Å². The molecule has 0 radical (unpaired) electrons. The van der Waals surface area contributed by atoms with Crippen molar-refractivity contribution in [3.63, 3.8) is 0 Å². The Labute approximate surface area is 128 Å². The molecular formula is C18H28N2O. The van der Waals surface area contributed by atoms with Crippen LogP contribution in [0.15, 0.2) is 30.5 Å². The van der Waals surface area contributed by atoms with Gasteiger partial charge in [0, 0.05) is 24.8 Å². The molecule has 0 aliphatic carbocycles. The second kappa shape index (κ2) is 6.63. The summed E-state index contributed by atoms with van der Waals surface area (Å²) in [4.78, 5) is 0. The lowest BCUT2D eigenvalue weighted by molar-refractivity contribution is 0.0733. The number of ether oxygens (including phenoxy) is 1. The van der Waals surface area contributed by atoms with Crippen LogP contribution in [0.3, 0.4) is 0 Å². The van der Waals surface area contributed by atoms with Gasteiger partial charge < -0.3 is 14.6 Å². The predicted molar refractivity (Wildman–Crippen MR) is 89.6 cm³/mol. The summed E-state index contributed by atoms with van der Waals surface area (Å²) in [5.41, 5.74) is 2.79. The molecule has 2 aromatic rings. The molecule has 0 atom stereocenters. The summed E-state index contributed by atoms with van der Waals surface area (Å²) < 4.78 is 7.98. The quantitative estimate of drug-likeness (QED) is 0.871. The van der Waals surface area contributed by atoms with Gasteiger partial charge in [-0.15, -0.1) is 0 Å². The fraction of sp³-hybridized carbons (Fsp3) is 0.556. The fourth-order valence-corrected chi connectivity index (χ4v) is 2.42. The van der Waals surface area contributed by atoms with Crippen molar-refractivity contribution >= 4 is 10.9 Å². The van der Waals surface area contributed by atoms with Gasteiger partial charge in [0.05, 0.1) is 18.2 Å². The Morgan fingerprint density at radius 3 is 2.62 bits per heavy atom. The van der Waals surface area contributed by atoms with Crippen molar-refractivity contribution in [2.75, 3.05) is 6.61 Å². The van der Waals surface area contributed by atoms with Gasteiger partial charge in [-0.1, -0.05) is 18.2 Å². The van der Waals surface area contributed by atoms with Crippen molar-refractivity contribution in [2.24, 2.45) is 0 Å². The molecule has 3 heteroatoms. The minimum Gasteiger partial charge on any atom is -0.377 e. The van der Waals surface area contributed by atoms with Crippen molar-refractivity contribution in [3.8, 4) is 0 Å². The van der Waals surface area contributed by atoms with E-state index in [9.17, 15) is 0 Å². The van der Waals surface area contributed by atoms with E-state index >= 15 is 0 Å². The highest BCUT2D eigenvalue weighted by Gasteiger charge is 2.11. The van der Waals surface area contributed by atoms with Gasteiger partial charge in [-0.25, -0.2) is 0 Å². The van der Waals surface area contributed by atoms with Crippen molar-refractivity contribution in [1.82, 2.24) is 9.88 Å². The summed E-state index contributed by atoms with van der Waals surface area (Å²) in [5, 5.41) is 4.88. The summed E-state index contributed by atoms with van der Waals surface area (Å²) in [6, 6.07) is 8.71. The Morgan fingerprint density at radius 1 is 1.19 bits per heavy atom. The van der Waals surface area contributed by atoms with Crippen LogP contribution in [0.25, 0.3) is 10.9 Å². The monoisotopic (exact) mass is 288 g/mol. The van der Waals surface area contributed by atoms with Gasteiger partial charge in [0.15, 0.2) is 0 Å². The number of hydrogen-bond donors (Lipinski definition) is 1. The molecule has 0 aliphatic heterocycles. The molecular weight excluding hydrogens is 260 g/mol. The van der Waals surface area contributed by atoms with E-state index in [1.807, 2.05) is 0 Å². The number of benzene rings is 1. The molecule has 2 rings (SSSR count). The first kappa shape index (κ1) is 16.1. The number of para-hydroxylation sites is 1. The van der Waals surface area contributed by atoms with Gasteiger partial charge in [-0.05, 0) is 51.6 Å². The molecule has 0 amide bonds. The van der Waals surface area contributed by atoms with E-state index in [-0.39, 0.29) is 11.6 Å². The molecule has 0 aliphatic rings. The average Bonchev–Trinajstić information content (AvgIpc) is 2.79. The zero-order valence-corrected chi connectivity index (χ0v) is 13.9. The SMILES string of the molecule is CC(C)OCCn1ccc2cccc(CNC(C)(C)C)c21. The zero-order valence-electron chi connectivity index (χ0n) is 13.9. The maximum atomic E-state index is 5.68. The molecule has 1 aromatic carbocycles. The van der Waals surface area contributed by atoms with E-state index in [1.165, 1.54) is 16.5 Å². The van der Waals surface area contributed by atoms with Crippen LogP contribution in [0.2, 0.25) is 0 Å².